The molecule has 0 aliphatic carbocycles. The van der Waals surface area contributed by atoms with Crippen molar-refractivity contribution in [3.63, 3.8) is 0 Å². The minimum absolute atomic E-state index is 0.000158. The Morgan fingerprint density at radius 3 is 2.48 bits per heavy atom. The van der Waals surface area contributed by atoms with Crippen LogP contribution in [0.3, 0.4) is 0 Å². The van der Waals surface area contributed by atoms with E-state index in [0.29, 0.717) is 0 Å². The van der Waals surface area contributed by atoms with E-state index in [1.54, 1.807) is 0 Å². The molecule has 0 fully saturated rings. The molecule has 0 saturated heterocycles. The van der Waals surface area contributed by atoms with Crippen molar-refractivity contribution in [2.75, 3.05) is 12.0 Å². The number of nitrogens with zero attached hydrogens (tertiary/aromatic N) is 2. The van der Waals surface area contributed by atoms with E-state index in [0.717, 1.165) is 20.2 Å². The van der Waals surface area contributed by atoms with Crippen LogP contribution in [-0.4, -0.2) is 28.3 Å². The van der Waals surface area contributed by atoms with E-state index in [1.165, 1.54) is 12.1 Å². The molecular weight excluding hydrogens is 413 g/mol. The van der Waals surface area contributed by atoms with Gasteiger partial charge >= 0.3 is 0 Å². The van der Waals surface area contributed by atoms with Gasteiger partial charge in [-0.3, -0.25) is 24.6 Å². The van der Waals surface area contributed by atoms with E-state index in [4.69, 9.17) is 0 Å². The number of anilines is 1. The first-order chi connectivity index (χ1) is 11.0. The Morgan fingerprint density at radius 1 is 1.09 bits per heavy atom. The zero-order valence-electron chi connectivity index (χ0n) is 11.7. The Kier molecular flexibility index (Phi) is 3.99. The lowest BCUT2D eigenvalue weighted by Crippen LogP contribution is -2.34. The van der Waals surface area contributed by atoms with Crippen molar-refractivity contribution < 1.29 is 14.5 Å². The number of imide groups is 1. The van der Waals surface area contributed by atoms with Gasteiger partial charge in [0.05, 0.1) is 22.7 Å². The summed E-state index contributed by atoms with van der Waals surface area (Å²) < 4.78 is 0.956. The molecule has 3 rings (SSSR count). The first-order valence-corrected chi connectivity index (χ1v) is 7.70. The van der Waals surface area contributed by atoms with E-state index < -0.39 is 16.7 Å². The summed E-state index contributed by atoms with van der Waals surface area (Å²) in [4.78, 5) is 35.9. The summed E-state index contributed by atoms with van der Waals surface area (Å²) in [5.74, 6) is -0.995. The highest BCUT2D eigenvalue weighted by molar-refractivity contribution is 14.1. The maximum Gasteiger partial charge on any atom is 0.270 e. The molecule has 2 aromatic carbocycles. The highest BCUT2D eigenvalue weighted by Crippen LogP contribution is 2.27. The van der Waals surface area contributed by atoms with Gasteiger partial charge in [0.1, 0.15) is 0 Å². The number of non-ortho nitro benzene ring substituents is 1. The molecule has 23 heavy (non-hydrogen) atoms. The van der Waals surface area contributed by atoms with Gasteiger partial charge in [-0.1, -0.05) is 12.1 Å². The fourth-order valence-corrected chi connectivity index (χ4v) is 2.88. The topological polar surface area (TPSA) is 92.5 Å². The van der Waals surface area contributed by atoms with Crippen LogP contribution in [0.4, 0.5) is 11.4 Å². The van der Waals surface area contributed by atoms with Gasteiger partial charge in [0.2, 0.25) is 0 Å². The van der Waals surface area contributed by atoms with Crippen molar-refractivity contribution >= 4 is 45.8 Å². The molecule has 2 amide bonds. The standard InChI is InChI=1S/C15H10IN3O4/c16-12-3-1-2-4-13(12)17-8-18-14(20)10-6-5-9(19(22)23)7-11(10)15(18)21/h1-7,17H,8H2. The Bertz CT molecular complexity index is 837. The van der Waals surface area contributed by atoms with Crippen LogP contribution in [0.25, 0.3) is 0 Å². The van der Waals surface area contributed by atoms with Gasteiger partial charge < -0.3 is 5.32 Å². The number of nitro benzene ring substituents is 1. The van der Waals surface area contributed by atoms with Gasteiger partial charge in [0, 0.05) is 21.4 Å². The first-order valence-electron chi connectivity index (χ1n) is 6.62. The van der Waals surface area contributed by atoms with E-state index in [2.05, 4.69) is 27.9 Å². The third-order valence-electron chi connectivity index (χ3n) is 3.47. The zero-order chi connectivity index (χ0) is 16.6. The van der Waals surface area contributed by atoms with Gasteiger partial charge in [-0.2, -0.15) is 0 Å². The normalized spacial score (nSPS) is 13.2. The molecule has 1 aliphatic heterocycles. The van der Waals surface area contributed by atoms with Crippen molar-refractivity contribution in [3.8, 4) is 0 Å². The third-order valence-corrected chi connectivity index (χ3v) is 4.41. The lowest BCUT2D eigenvalue weighted by Gasteiger charge is -2.16. The second-order valence-corrected chi connectivity index (χ2v) is 6.00. The average Bonchev–Trinajstić information content (AvgIpc) is 2.78. The summed E-state index contributed by atoms with van der Waals surface area (Å²) >= 11 is 2.14. The van der Waals surface area contributed by atoms with Crippen LogP contribution in [0.5, 0.6) is 0 Å². The second kappa shape index (κ2) is 5.95. The number of nitrogens with one attached hydrogen (secondary N) is 1. The van der Waals surface area contributed by atoms with Crippen molar-refractivity contribution in [1.29, 1.82) is 0 Å². The first kappa shape index (κ1) is 15.4. The largest absolute Gasteiger partial charge is 0.366 e. The quantitative estimate of drug-likeness (QED) is 0.354. The van der Waals surface area contributed by atoms with Gasteiger partial charge in [-0.25, -0.2) is 0 Å². The minimum atomic E-state index is -0.592. The molecule has 0 spiro atoms. The number of nitro groups is 1. The van der Waals surface area contributed by atoms with Crippen LogP contribution in [-0.2, 0) is 0 Å². The molecule has 1 aliphatic rings. The average molecular weight is 423 g/mol. The molecule has 116 valence electrons. The molecule has 0 bridgehead atoms. The number of hydrogen-bond donors (Lipinski definition) is 1. The minimum Gasteiger partial charge on any atom is -0.366 e. The molecule has 1 N–H and O–H groups in total. The van der Waals surface area contributed by atoms with E-state index >= 15 is 0 Å². The van der Waals surface area contributed by atoms with E-state index in [1.807, 2.05) is 24.3 Å². The van der Waals surface area contributed by atoms with Gasteiger partial charge in [0.15, 0.2) is 0 Å². The van der Waals surface area contributed by atoms with Gasteiger partial charge in [-0.05, 0) is 40.8 Å². The molecule has 0 atom stereocenters. The van der Waals surface area contributed by atoms with E-state index in [9.17, 15) is 19.7 Å². The summed E-state index contributed by atoms with van der Waals surface area (Å²) in [5, 5.41) is 13.8. The van der Waals surface area contributed by atoms with Crippen molar-refractivity contribution in [2.45, 2.75) is 0 Å². The molecular formula is C15H10IN3O4. The molecule has 0 unspecified atom stereocenters. The van der Waals surface area contributed by atoms with Crippen molar-refractivity contribution in [3.05, 3.63) is 67.3 Å². The lowest BCUT2D eigenvalue weighted by molar-refractivity contribution is -0.384. The Balaban J connectivity index is 1.83. The SMILES string of the molecule is O=C1c2ccc([N+](=O)[O-])cc2C(=O)N1CNc1ccccc1I. The summed E-state index contributed by atoms with van der Waals surface area (Å²) in [7, 11) is 0. The second-order valence-electron chi connectivity index (χ2n) is 4.84. The number of halogens is 1. The van der Waals surface area contributed by atoms with Crippen LogP contribution in [0.15, 0.2) is 42.5 Å². The molecule has 2 aromatic rings. The maximum absolute atomic E-state index is 12.3. The molecule has 8 heteroatoms. The summed E-state index contributed by atoms with van der Waals surface area (Å²) in [6.45, 7) is 0.000158. The van der Waals surface area contributed by atoms with Crippen molar-refractivity contribution in [1.82, 2.24) is 4.90 Å². The molecule has 0 aromatic heterocycles. The monoisotopic (exact) mass is 423 g/mol. The molecule has 7 nitrogen and oxygen atoms in total. The number of fused-ring (bicyclic) bond motifs is 1. The summed E-state index contributed by atoms with van der Waals surface area (Å²) in [6.07, 6.45) is 0. The number of carbonyl (C=O) groups is 2. The van der Waals surface area contributed by atoms with Crippen LogP contribution >= 0.6 is 22.6 Å². The lowest BCUT2D eigenvalue weighted by atomic mass is 10.1. The fourth-order valence-electron chi connectivity index (χ4n) is 2.30. The van der Waals surface area contributed by atoms with Gasteiger partial charge in [-0.15, -0.1) is 0 Å². The van der Waals surface area contributed by atoms with Crippen LogP contribution in [0.2, 0.25) is 0 Å². The van der Waals surface area contributed by atoms with Crippen molar-refractivity contribution in [2.24, 2.45) is 0 Å². The highest BCUT2D eigenvalue weighted by Gasteiger charge is 2.36. The van der Waals surface area contributed by atoms with Crippen LogP contribution < -0.4 is 5.32 Å². The number of carbonyl (C=O) groups excluding carboxylic acids is 2. The number of benzene rings is 2. The van der Waals surface area contributed by atoms with Gasteiger partial charge in [0.25, 0.3) is 17.5 Å². The molecule has 0 radical (unpaired) electrons. The summed E-state index contributed by atoms with van der Waals surface area (Å²) in [5.41, 5.74) is 0.840. The molecule has 1 heterocycles. The smallest absolute Gasteiger partial charge is 0.270 e. The number of rotatable bonds is 4. The number of hydrogen-bond acceptors (Lipinski definition) is 5. The van der Waals surface area contributed by atoms with Crippen LogP contribution in [0.1, 0.15) is 20.7 Å². The van der Waals surface area contributed by atoms with E-state index in [-0.39, 0.29) is 23.5 Å². The predicted octanol–water partition coefficient (Wildman–Crippen LogP) is 2.87. The Morgan fingerprint density at radius 2 is 1.78 bits per heavy atom. The number of amides is 2. The predicted molar refractivity (Wildman–Crippen MR) is 91.2 cm³/mol. The Hall–Kier alpha value is -2.49. The fraction of sp³-hybridized carbons (Fsp3) is 0.0667. The summed E-state index contributed by atoms with van der Waals surface area (Å²) in [6, 6.07) is 11.1. The molecule has 0 saturated carbocycles. The highest BCUT2D eigenvalue weighted by atomic mass is 127. The third kappa shape index (κ3) is 2.77. The number of para-hydroxylation sites is 1. The van der Waals surface area contributed by atoms with Crippen LogP contribution in [0, 0.1) is 13.7 Å². The Labute approximate surface area is 144 Å². The maximum atomic E-state index is 12.3. The zero-order valence-corrected chi connectivity index (χ0v) is 13.8.